The first-order valence-electron chi connectivity index (χ1n) is 6.23. The van der Waals surface area contributed by atoms with E-state index >= 15 is 0 Å². The van der Waals surface area contributed by atoms with Crippen molar-refractivity contribution in [2.24, 2.45) is 0 Å². The van der Waals surface area contributed by atoms with E-state index < -0.39 is 10.0 Å². The summed E-state index contributed by atoms with van der Waals surface area (Å²) in [6, 6.07) is 0. The zero-order valence-corrected chi connectivity index (χ0v) is 12.6. The largest absolute Gasteiger partial charge is 0.318 e. The lowest BCUT2D eigenvalue weighted by molar-refractivity contribution is 0.452. The molecule has 6 nitrogen and oxygen atoms in total. The molecular formula is C12H22N4O2S. The molecule has 1 aromatic rings. The van der Waals surface area contributed by atoms with Crippen LogP contribution in [0.1, 0.15) is 13.8 Å². The van der Waals surface area contributed by atoms with Gasteiger partial charge in [-0.05, 0) is 14.0 Å². The predicted molar refractivity (Wildman–Crippen MR) is 75.4 cm³/mol. The molecule has 1 rings (SSSR count). The molecule has 108 valence electrons. The average molecular weight is 286 g/mol. The molecule has 0 bridgehead atoms. The Kier molecular flexibility index (Phi) is 5.71. The lowest BCUT2D eigenvalue weighted by Crippen LogP contribution is -2.32. The maximum absolute atomic E-state index is 12.4. The zero-order valence-electron chi connectivity index (χ0n) is 11.8. The molecule has 0 atom stereocenters. The third kappa shape index (κ3) is 4.15. The minimum absolute atomic E-state index is 0.228. The fourth-order valence-electron chi connectivity index (χ4n) is 1.64. The fraction of sp³-hybridized carbons (Fsp3) is 0.583. The number of aromatic nitrogens is 2. The lowest BCUT2D eigenvalue weighted by atomic mass is 10.3. The van der Waals surface area contributed by atoms with E-state index in [-0.39, 0.29) is 4.90 Å². The van der Waals surface area contributed by atoms with Crippen LogP contribution in [0.5, 0.6) is 0 Å². The second kappa shape index (κ2) is 6.83. The second-order valence-corrected chi connectivity index (χ2v) is 6.37. The fourth-order valence-corrected chi connectivity index (χ4v) is 3.11. The van der Waals surface area contributed by atoms with E-state index in [0.717, 1.165) is 12.1 Å². The summed E-state index contributed by atoms with van der Waals surface area (Å²) in [5, 5.41) is 7.06. The number of likely N-dealkylation sites (N-methyl/N-ethyl adjacent to an activating group) is 2. The summed E-state index contributed by atoms with van der Waals surface area (Å²) in [5.74, 6) is 0. The molecule has 1 N–H and O–H groups in total. The zero-order chi connectivity index (χ0) is 14.5. The molecule has 0 aliphatic rings. The van der Waals surface area contributed by atoms with E-state index in [9.17, 15) is 8.42 Å². The Morgan fingerprint density at radius 1 is 1.58 bits per heavy atom. The Morgan fingerprint density at radius 3 is 2.79 bits per heavy atom. The molecule has 7 heteroatoms. The van der Waals surface area contributed by atoms with E-state index in [0.29, 0.717) is 19.6 Å². The van der Waals surface area contributed by atoms with Crippen molar-refractivity contribution < 1.29 is 8.42 Å². The summed E-state index contributed by atoms with van der Waals surface area (Å²) in [7, 11) is -1.64. The number of hydrogen-bond donors (Lipinski definition) is 1. The second-order valence-electron chi connectivity index (χ2n) is 4.43. The molecule has 0 aromatic carbocycles. The molecule has 1 aromatic heterocycles. The third-order valence-electron chi connectivity index (χ3n) is 2.64. The van der Waals surface area contributed by atoms with Crippen LogP contribution in [0.3, 0.4) is 0 Å². The van der Waals surface area contributed by atoms with Gasteiger partial charge in [0.1, 0.15) is 4.90 Å². The first-order valence-corrected chi connectivity index (χ1v) is 7.67. The van der Waals surface area contributed by atoms with Crippen molar-refractivity contribution in [3.05, 3.63) is 24.5 Å². The number of nitrogens with one attached hydrogen (secondary N) is 1. The summed E-state index contributed by atoms with van der Waals surface area (Å²) >= 11 is 0. The van der Waals surface area contributed by atoms with Gasteiger partial charge in [0, 0.05) is 25.8 Å². The molecule has 0 saturated carbocycles. The van der Waals surface area contributed by atoms with Gasteiger partial charge in [-0.1, -0.05) is 19.1 Å². The van der Waals surface area contributed by atoms with E-state index in [2.05, 4.69) is 17.0 Å². The van der Waals surface area contributed by atoms with Crippen LogP contribution in [-0.2, 0) is 16.6 Å². The number of sulfonamides is 1. The first-order chi connectivity index (χ1) is 8.91. The smallest absolute Gasteiger partial charge is 0.246 e. The molecule has 1 heterocycles. The minimum Gasteiger partial charge on any atom is -0.318 e. The number of hydrogen-bond acceptors (Lipinski definition) is 4. The Hall–Kier alpha value is -1.18. The van der Waals surface area contributed by atoms with Crippen LogP contribution in [0.2, 0.25) is 0 Å². The van der Waals surface area contributed by atoms with E-state index in [4.69, 9.17) is 0 Å². The first kappa shape index (κ1) is 15.9. The highest BCUT2D eigenvalue weighted by Crippen LogP contribution is 2.15. The molecular weight excluding hydrogens is 264 g/mol. The van der Waals surface area contributed by atoms with Gasteiger partial charge in [-0.25, -0.2) is 8.42 Å². The van der Waals surface area contributed by atoms with Gasteiger partial charge in [-0.3, -0.25) is 4.68 Å². The maximum atomic E-state index is 12.4. The summed E-state index contributed by atoms with van der Waals surface area (Å²) in [4.78, 5) is 0.228. The van der Waals surface area contributed by atoms with Gasteiger partial charge < -0.3 is 5.32 Å². The third-order valence-corrected chi connectivity index (χ3v) is 4.51. The molecule has 0 spiro atoms. The van der Waals surface area contributed by atoms with Gasteiger partial charge in [0.15, 0.2) is 0 Å². The molecule has 19 heavy (non-hydrogen) atoms. The van der Waals surface area contributed by atoms with Crippen molar-refractivity contribution >= 4 is 10.0 Å². The van der Waals surface area contributed by atoms with Gasteiger partial charge in [0.05, 0.1) is 12.7 Å². The van der Waals surface area contributed by atoms with Crippen LogP contribution in [0.15, 0.2) is 29.4 Å². The predicted octanol–water partition coefficient (Wildman–Crippen LogP) is 0.689. The standard InChI is InChI=1S/C12H22N4O2S/c1-5-16(9-11(2)3)19(17,18)12-8-14-15(10-12)7-6-13-4/h8,10,13H,2,5-7,9H2,1,3-4H3. The highest BCUT2D eigenvalue weighted by atomic mass is 32.2. The Morgan fingerprint density at radius 2 is 2.26 bits per heavy atom. The van der Waals surface area contributed by atoms with Crippen molar-refractivity contribution in [1.29, 1.82) is 0 Å². The van der Waals surface area contributed by atoms with Crippen molar-refractivity contribution in [3.8, 4) is 0 Å². The molecule has 0 fully saturated rings. The van der Waals surface area contributed by atoms with Crippen molar-refractivity contribution in [3.63, 3.8) is 0 Å². The highest BCUT2D eigenvalue weighted by Gasteiger charge is 2.24. The quantitative estimate of drug-likeness (QED) is 0.714. The van der Waals surface area contributed by atoms with Gasteiger partial charge in [0.2, 0.25) is 10.0 Å². The normalized spacial score (nSPS) is 12.0. The lowest BCUT2D eigenvalue weighted by Gasteiger charge is -2.19. The highest BCUT2D eigenvalue weighted by molar-refractivity contribution is 7.89. The summed E-state index contributed by atoms with van der Waals surface area (Å²) < 4.78 is 27.8. The molecule has 0 aliphatic carbocycles. The van der Waals surface area contributed by atoms with Crippen molar-refractivity contribution in [2.45, 2.75) is 25.3 Å². The Bertz CT molecular complexity index is 522. The number of nitrogens with zero attached hydrogens (tertiary/aromatic N) is 3. The Labute approximate surface area is 115 Å². The van der Waals surface area contributed by atoms with Crippen LogP contribution in [0.4, 0.5) is 0 Å². The van der Waals surface area contributed by atoms with Crippen LogP contribution >= 0.6 is 0 Å². The van der Waals surface area contributed by atoms with Crippen molar-refractivity contribution in [1.82, 2.24) is 19.4 Å². The monoisotopic (exact) mass is 286 g/mol. The van der Waals surface area contributed by atoms with Gasteiger partial charge in [-0.15, -0.1) is 0 Å². The molecule has 0 aliphatic heterocycles. The van der Waals surface area contributed by atoms with Crippen molar-refractivity contribution in [2.75, 3.05) is 26.7 Å². The van der Waals surface area contributed by atoms with Crippen LogP contribution in [0.25, 0.3) is 0 Å². The summed E-state index contributed by atoms with van der Waals surface area (Å²) in [6.45, 7) is 9.51. The minimum atomic E-state index is -3.48. The van der Waals surface area contributed by atoms with Gasteiger partial charge in [-0.2, -0.15) is 9.40 Å². The summed E-state index contributed by atoms with van der Waals surface area (Å²) in [6.07, 6.45) is 2.96. The molecule has 0 saturated heterocycles. The molecule has 0 unspecified atom stereocenters. The maximum Gasteiger partial charge on any atom is 0.246 e. The molecule has 0 amide bonds. The van der Waals surface area contributed by atoms with Crippen LogP contribution < -0.4 is 5.32 Å². The molecule has 0 radical (unpaired) electrons. The average Bonchev–Trinajstić information content (AvgIpc) is 2.82. The van der Waals surface area contributed by atoms with E-state index in [1.807, 2.05) is 20.9 Å². The van der Waals surface area contributed by atoms with Crippen LogP contribution in [-0.4, -0.2) is 49.2 Å². The van der Waals surface area contributed by atoms with E-state index in [1.54, 1.807) is 10.9 Å². The van der Waals surface area contributed by atoms with E-state index in [1.165, 1.54) is 10.5 Å². The topological polar surface area (TPSA) is 67.2 Å². The SMILES string of the molecule is C=C(C)CN(CC)S(=O)(=O)c1cnn(CCNC)c1. The number of rotatable bonds is 8. The Balaban J connectivity index is 2.92. The van der Waals surface area contributed by atoms with Gasteiger partial charge in [0.25, 0.3) is 0 Å². The van der Waals surface area contributed by atoms with Gasteiger partial charge >= 0.3 is 0 Å². The summed E-state index contributed by atoms with van der Waals surface area (Å²) in [5.41, 5.74) is 0.813. The van der Waals surface area contributed by atoms with Crippen LogP contribution in [0, 0.1) is 0 Å².